The van der Waals surface area contributed by atoms with E-state index in [0.29, 0.717) is 24.6 Å². The smallest absolute Gasteiger partial charge is 0.223 e. The van der Waals surface area contributed by atoms with Crippen LogP contribution in [0.3, 0.4) is 0 Å². The van der Waals surface area contributed by atoms with E-state index in [2.05, 4.69) is 74.7 Å². The number of benzene rings is 2. The highest BCUT2D eigenvalue weighted by molar-refractivity contribution is 9.10. The van der Waals surface area contributed by atoms with Crippen molar-refractivity contribution in [2.45, 2.75) is 32.2 Å². The van der Waals surface area contributed by atoms with E-state index >= 15 is 0 Å². The third-order valence-electron chi connectivity index (χ3n) is 5.09. The molecule has 1 atom stereocenters. The Morgan fingerprint density at radius 2 is 1.86 bits per heavy atom. The van der Waals surface area contributed by atoms with Gasteiger partial charge in [-0.15, -0.1) is 0 Å². The first-order chi connectivity index (χ1) is 13.6. The Hall–Kier alpha value is -2.73. The highest BCUT2D eigenvalue weighted by Crippen LogP contribution is 2.33. The van der Waals surface area contributed by atoms with Crippen molar-refractivity contribution in [2.75, 3.05) is 5.32 Å². The fourth-order valence-corrected chi connectivity index (χ4v) is 3.76. The molecule has 6 heteroatoms. The normalized spacial score (nSPS) is 17.4. The Labute approximate surface area is 172 Å². The molecule has 142 valence electrons. The van der Waals surface area contributed by atoms with Crippen molar-refractivity contribution < 1.29 is 5.21 Å². The summed E-state index contributed by atoms with van der Waals surface area (Å²) in [5, 5.41) is 16.3. The molecule has 3 aromatic rings. The molecule has 2 N–H and O–H groups in total. The van der Waals surface area contributed by atoms with Crippen LogP contribution in [-0.2, 0) is 13.0 Å². The van der Waals surface area contributed by atoms with Crippen molar-refractivity contribution in [1.82, 2.24) is 9.97 Å². The van der Waals surface area contributed by atoms with Crippen LogP contribution < -0.4 is 5.32 Å². The Kier molecular flexibility index (Phi) is 5.39. The summed E-state index contributed by atoms with van der Waals surface area (Å²) in [4.78, 5) is 9.13. The van der Waals surface area contributed by atoms with Gasteiger partial charge in [0.1, 0.15) is 0 Å². The van der Waals surface area contributed by atoms with Crippen LogP contribution in [0, 0.1) is 6.92 Å². The predicted octanol–water partition coefficient (Wildman–Crippen LogP) is 5.07. The molecule has 0 bridgehead atoms. The third kappa shape index (κ3) is 4.07. The van der Waals surface area contributed by atoms with Crippen molar-refractivity contribution in [2.24, 2.45) is 5.16 Å². The van der Waals surface area contributed by atoms with Gasteiger partial charge in [0, 0.05) is 29.2 Å². The molecule has 1 aliphatic carbocycles. The van der Waals surface area contributed by atoms with Crippen LogP contribution in [0.15, 0.2) is 64.4 Å². The molecule has 0 spiro atoms. The second-order valence-electron chi connectivity index (χ2n) is 7.10. The zero-order valence-electron chi connectivity index (χ0n) is 15.6. The highest BCUT2D eigenvalue weighted by Gasteiger charge is 2.27. The number of aryl methyl sites for hydroxylation is 1. The van der Waals surface area contributed by atoms with Gasteiger partial charge in [-0.3, -0.25) is 0 Å². The molecule has 1 aromatic heterocycles. The summed E-state index contributed by atoms with van der Waals surface area (Å²) in [5.41, 5.74) is 6.01. The van der Waals surface area contributed by atoms with Crippen LogP contribution in [0.5, 0.6) is 0 Å². The van der Waals surface area contributed by atoms with Gasteiger partial charge in [-0.25, -0.2) is 9.97 Å². The maximum Gasteiger partial charge on any atom is 0.223 e. The van der Waals surface area contributed by atoms with Crippen LogP contribution in [0.25, 0.3) is 0 Å². The number of rotatable bonds is 4. The van der Waals surface area contributed by atoms with E-state index in [-0.39, 0.29) is 5.92 Å². The summed E-state index contributed by atoms with van der Waals surface area (Å²) < 4.78 is 1.05. The average Bonchev–Trinajstić information content (AvgIpc) is 2.73. The largest absolute Gasteiger partial charge is 0.411 e. The summed E-state index contributed by atoms with van der Waals surface area (Å²) in [7, 11) is 0. The zero-order valence-corrected chi connectivity index (χ0v) is 17.1. The Morgan fingerprint density at radius 1 is 1.11 bits per heavy atom. The molecule has 0 fully saturated rings. The predicted molar refractivity (Wildman–Crippen MR) is 114 cm³/mol. The lowest BCUT2D eigenvalue weighted by Gasteiger charge is -2.25. The van der Waals surface area contributed by atoms with Crippen molar-refractivity contribution in [3.63, 3.8) is 0 Å². The fourth-order valence-electron chi connectivity index (χ4n) is 3.50. The maximum absolute atomic E-state index is 9.50. The summed E-state index contributed by atoms with van der Waals surface area (Å²) >= 11 is 3.48. The number of anilines is 1. The number of hydrogen-bond donors (Lipinski definition) is 2. The third-order valence-corrected chi connectivity index (χ3v) is 5.62. The molecule has 1 unspecified atom stereocenters. The fraction of sp³-hybridized carbons (Fsp3) is 0.227. The summed E-state index contributed by atoms with van der Waals surface area (Å²) in [5.74, 6) is 0.819. The number of halogens is 1. The molecule has 0 radical (unpaired) electrons. The van der Waals surface area contributed by atoms with Gasteiger partial charge in [-0.05, 0) is 42.5 Å². The number of aromatic nitrogens is 2. The van der Waals surface area contributed by atoms with Crippen molar-refractivity contribution in [3.8, 4) is 0 Å². The lowest BCUT2D eigenvalue weighted by Crippen LogP contribution is -2.22. The van der Waals surface area contributed by atoms with Gasteiger partial charge in [0.2, 0.25) is 5.95 Å². The number of nitrogens with zero attached hydrogens (tertiary/aromatic N) is 3. The molecule has 0 aliphatic heterocycles. The molecule has 2 aromatic carbocycles. The first kappa shape index (κ1) is 18.6. The second kappa shape index (κ2) is 8.10. The van der Waals surface area contributed by atoms with Crippen LogP contribution >= 0.6 is 15.9 Å². The molecular weight excluding hydrogens is 416 g/mol. The quantitative estimate of drug-likeness (QED) is 0.442. The van der Waals surface area contributed by atoms with E-state index in [1.165, 1.54) is 16.7 Å². The maximum atomic E-state index is 9.50. The van der Waals surface area contributed by atoms with Gasteiger partial charge in [0.25, 0.3) is 0 Å². The molecule has 1 heterocycles. The molecule has 0 saturated heterocycles. The van der Waals surface area contributed by atoms with E-state index in [0.717, 1.165) is 22.2 Å². The lowest BCUT2D eigenvalue weighted by atomic mass is 9.82. The average molecular weight is 437 g/mol. The van der Waals surface area contributed by atoms with E-state index in [4.69, 9.17) is 4.98 Å². The first-order valence-electron chi connectivity index (χ1n) is 9.24. The monoisotopic (exact) mass is 436 g/mol. The summed E-state index contributed by atoms with van der Waals surface area (Å²) in [6.07, 6.45) is 3.22. The zero-order chi connectivity index (χ0) is 19.5. The molecular formula is C22H21BrN4O. The van der Waals surface area contributed by atoms with E-state index < -0.39 is 0 Å². The minimum atomic E-state index is 0.228. The lowest BCUT2D eigenvalue weighted by molar-refractivity contribution is 0.316. The van der Waals surface area contributed by atoms with E-state index in [1.54, 1.807) is 6.20 Å². The van der Waals surface area contributed by atoms with Crippen LogP contribution in [-0.4, -0.2) is 20.9 Å². The molecule has 5 nitrogen and oxygen atoms in total. The Bertz CT molecular complexity index is 1000. The van der Waals surface area contributed by atoms with E-state index in [9.17, 15) is 5.21 Å². The minimum absolute atomic E-state index is 0.228. The first-order valence-corrected chi connectivity index (χ1v) is 10.0. The van der Waals surface area contributed by atoms with E-state index in [1.807, 2.05) is 12.1 Å². The van der Waals surface area contributed by atoms with Gasteiger partial charge in [0.15, 0.2) is 0 Å². The standard InChI is InChI=1S/C22H21BrN4O/c1-14-2-4-15(5-3-14)12-24-22-25-13-19-20(26-22)10-17(11-21(19)27-28)16-6-8-18(23)9-7-16/h2-9,13,17,28H,10-12H2,1H3,(H,24,25,26)/b27-21+. The van der Waals surface area contributed by atoms with Gasteiger partial charge in [-0.1, -0.05) is 63.0 Å². The number of hydrogen-bond acceptors (Lipinski definition) is 5. The topological polar surface area (TPSA) is 70.4 Å². The molecule has 28 heavy (non-hydrogen) atoms. The Morgan fingerprint density at radius 3 is 2.57 bits per heavy atom. The second-order valence-corrected chi connectivity index (χ2v) is 8.01. The van der Waals surface area contributed by atoms with Gasteiger partial charge >= 0.3 is 0 Å². The van der Waals surface area contributed by atoms with Crippen molar-refractivity contribution >= 4 is 27.6 Å². The van der Waals surface area contributed by atoms with Crippen LogP contribution in [0.4, 0.5) is 5.95 Å². The number of nitrogens with one attached hydrogen (secondary N) is 1. The summed E-state index contributed by atoms with van der Waals surface area (Å²) in [6, 6.07) is 16.7. The molecule has 0 saturated carbocycles. The van der Waals surface area contributed by atoms with Crippen LogP contribution in [0.2, 0.25) is 0 Å². The molecule has 0 amide bonds. The van der Waals surface area contributed by atoms with Gasteiger partial charge in [-0.2, -0.15) is 0 Å². The highest BCUT2D eigenvalue weighted by atomic mass is 79.9. The number of fused-ring (bicyclic) bond motifs is 1. The SMILES string of the molecule is Cc1ccc(CNc2ncc3c(n2)CC(c2ccc(Br)cc2)C/C3=N\O)cc1. The molecule has 4 rings (SSSR count). The van der Waals surface area contributed by atoms with Crippen molar-refractivity contribution in [3.05, 3.63) is 87.1 Å². The minimum Gasteiger partial charge on any atom is -0.411 e. The van der Waals surface area contributed by atoms with Gasteiger partial charge < -0.3 is 10.5 Å². The molecule has 1 aliphatic rings. The Balaban J connectivity index is 1.55. The van der Waals surface area contributed by atoms with Gasteiger partial charge in [0.05, 0.1) is 11.4 Å². The van der Waals surface area contributed by atoms with Crippen molar-refractivity contribution in [1.29, 1.82) is 0 Å². The van der Waals surface area contributed by atoms with Crippen LogP contribution in [0.1, 0.15) is 40.3 Å². The summed E-state index contributed by atoms with van der Waals surface area (Å²) in [6.45, 7) is 2.74. The number of oxime groups is 1.